The molecule has 0 unspecified atom stereocenters. The molecule has 1 heterocycles. The van der Waals surface area contributed by atoms with Gasteiger partial charge in [-0.25, -0.2) is 15.0 Å². The molecule has 11 heavy (non-hydrogen) atoms. The largest absolute Gasteiger partial charge is 0.225 e. The van der Waals surface area contributed by atoms with E-state index in [1.54, 1.807) is 0 Å². The SMILES string of the molecule is Clc1nc(CI)nc(CI)n1. The summed E-state index contributed by atoms with van der Waals surface area (Å²) in [6.07, 6.45) is 0. The van der Waals surface area contributed by atoms with Gasteiger partial charge in [0, 0.05) is 0 Å². The van der Waals surface area contributed by atoms with E-state index in [1.807, 2.05) is 0 Å². The minimum absolute atomic E-state index is 0.290. The van der Waals surface area contributed by atoms with Crippen LogP contribution >= 0.6 is 56.8 Å². The normalized spacial score (nSPS) is 10.1. The van der Waals surface area contributed by atoms with E-state index in [9.17, 15) is 0 Å². The summed E-state index contributed by atoms with van der Waals surface area (Å²) in [5.74, 6) is 1.49. The Labute approximate surface area is 96.6 Å². The van der Waals surface area contributed by atoms with Gasteiger partial charge in [-0.3, -0.25) is 0 Å². The van der Waals surface area contributed by atoms with Crippen LogP contribution in [0.4, 0.5) is 0 Å². The first-order valence-corrected chi connectivity index (χ1v) is 6.20. The standard InChI is InChI=1S/C5H4ClI2N3/c6-5-10-3(1-7)9-4(2-8)11-5/h1-2H2. The molecule has 0 bridgehead atoms. The number of nitrogens with zero attached hydrogens (tertiary/aromatic N) is 3. The first-order valence-electron chi connectivity index (χ1n) is 2.77. The van der Waals surface area contributed by atoms with Crippen molar-refractivity contribution >= 4 is 56.8 Å². The maximum Gasteiger partial charge on any atom is 0.225 e. The molecule has 1 rings (SSSR count). The van der Waals surface area contributed by atoms with Gasteiger partial charge in [-0.1, -0.05) is 45.2 Å². The van der Waals surface area contributed by atoms with E-state index in [2.05, 4.69) is 60.1 Å². The summed E-state index contributed by atoms with van der Waals surface area (Å²) < 4.78 is 1.54. The van der Waals surface area contributed by atoms with E-state index in [-0.39, 0.29) is 0 Å². The first-order chi connectivity index (χ1) is 5.26. The zero-order chi connectivity index (χ0) is 8.27. The molecule has 60 valence electrons. The smallest absolute Gasteiger partial charge is 0.216 e. The highest BCUT2D eigenvalue weighted by Crippen LogP contribution is 2.07. The summed E-state index contributed by atoms with van der Waals surface area (Å²) in [7, 11) is 0. The fourth-order valence-electron chi connectivity index (χ4n) is 0.556. The van der Waals surface area contributed by atoms with Gasteiger partial charge in [0.05, 0.1) is 8.86 Å². The van der Waals surface area contributed by atoms with E-state index in [0.717, 1.165) is 20.5 Å². The lowest BCUT2D eigenvalue weighted by atomic mass is 10.6. The Kier molecular flexibility index (Phi) is 4.21. The van der Waals surface area contributed by atoms with Gasteiger partial charge in [0.1, 0.15) is 11.6 Å². The molecule has 1 aromatic heterocycles. The van der Waals surface area contributed by atoms with Crippen LogP contribution in [0.5, 0.6) is 0 Å². The summed E-state index contributed by atoms with van der Waals surface area (Å²) >= 11 is 10.0. The second kappa shape index (κ2) is 4.70. The molecule has 0 spiro atoms. The zero-order valence-corrected chi connectivity index (χ0v) is 10.5. The molecule has 0 fully saturated rings. The molecule has 0 radical (unpaired) electrons. The summed E-state index contributed by atoms with van der Waals surface area (Å²) in [6, 6.07) is 0. The second-order valence-corrected chi connectivity index (χ2v) is 3.57. The average Bonchev–Trinajstić information content (AvgIpc) is 2.03. The van der Waals surface area contributed by atoms with Crippen molar-refractivity contribution in [3.63, 3.8) is 0 Å². The molecule has 0 amide bonds. The minimum atomic E-state index is 0.290. The van der Waals surface area contributed by atoms with Crippen molar-refractivity contribution in [2.45, 2.75) is 8.86 Å². The van der Waals surface area contributed by atoms with E-state index in [4.69, 9.17) is 11.6 Å². The lowest BCUT2D eigenvalue weighted by Gasteiger charge is -1.97. The fraction of sp³-hybridized carbons (Fsp3) is 0.400. The van der Waals surface area contributed by atoms with Crippen molar-refractivity contribution in [1.82, 2.24) is 15.0 Å². The highest BCUT2D eigenvalue weighted by molar-refractivity contribution is 14.1. The maximum absolute atomic E-state index is 5.64. The van der Waals surface area contributed by atoms with Gasteiger partial charge in [0.15, 0.2) is 0 Å². The number of aromatic nitrogens is 3. The maximum atomic E-state index is 5.64. The Morgan fingerprint density at radius 3 is 1.82 bits per heavy atom. The van der Waals surface area contributed by atoms with Crippen LogP contribution in [0, 0.1) is 0 Å². The predicted molar refractivity (Wildman–Crippen MR) is 60.3 cm³/mol. The van der Waals surface area contributed by atoms with Crippen molar-refractivity contribution in [2.24, 2.45) is 0 Å². The molecular formula is C5H4ClI2N3. The molecule has 0 aliphatic rings. The highest BCUT2D eigenvalue weighted by Gasteiger charge is 2.01. The van der Waals surface area contributed by atoms with E-state index in [1.165, 1.54) is 0 Å². The molecule has 0 atom stereocenters. The van der Waals surface area contributed by atoms with Gasteiger partial charge >= 0.3 is 0 Å². The first kappa shape index (κ1) is 9.85. The van der Waals surface area contributed by atoms with Crippen LogP contribution in [0.15, 0.2) is 0 Å². The van der Waals surface area contributed by atoms with E-state index in [0.29, 0.717) is 5.28 Å². The van der Waals surface area contributed by atoms with Crippen LogP contribution in [0.2, 0.25) is 5.28 Å². The summed E-state index contributed by atoms with van der Waals surface area (Å²) in [6.45, 7) is 0. The Hall–Kier alpha value is 0.760. The molecule has 0 saturated carbocycles. The van der Waals surface area contributed by atoms with Gasteiger partial charge < -0.3 is 0 Å². The molecule has 3 nitrogen and oxygen atoms in total. The molecule has 0 aliphatic heterocycles. The number of alkyl halides is 2. The van der Waals surface area contributed by atoms with Crippen LogP contribution in [0.3, 0.4) is 0 Å². The number of halogens is 3. The van der Waals surface area contributed by atoms with Crippen molar-refractivity contribution in [2.75, 3.05) is 0 Å². The molecule has 0 N–H and O–H groups in total. The summed E-state index contributed by atoms with van der Waals surface area (Å²) in [5.41, 5.74) is 0. The van der Waals surface area contributed by atoms with Crippen molar-refractivity contribution in [3.05, 3.63) is 16.9 Å². The molecule has 0 aliphatic carbocycles. The van der Waals surface area contributed by atoms with Gasteiger partial charge in [-0.15, -0.1) is 0 Å². The van der Waals surface area contributed by atoms with Crippen molar-refractivity contribution in [3.8, 4) is 0 Å². The monoisotopic (exact) mass is 395 g/mol. The van der Waals surface area contributed by atoms with E-state index >= 15 is 0 Å². The van der Waals surface area contributed by atoms with Gasteiger partial charge in [0.2, 0.25) is 5.28 Å². The third-order valence-electron chi connectivity index (χ3n) is 0.940. The summed E-state index contributed by atoms with van der Waals surface area (Å²) in [4.78, 5) is 12.0. The van der Waals surface area contributed by atoms with Crippen LogP contribution in [0.1, 0.15) is 11.6 Å². The van der Waals surface area contributed by atoms with Crippen LogP contribution in [-0.4, -0.2) is 15.0 Å². The fourth-order valence-corrected chi connectivity index (χ4v) is 1.43. The highest BCUT2D eigenvalue weighted by atomic mass is 127. The zero-order valence-electron chi connectivity index (χ0n) is 5.39. The van der Waals surface area contributed by atoms with Crippen LogP contribution < -0.4 is 0 Å². The lowest BCUT2D eigenvalue weighted by Crippen LogP contribution is -1.99. The lowest BCUT2D eigenvalue weighted by molar-refractivity contribution is 0.914. The second-order valence-electron chi connectivity index (χ2n) is 1.70. The van der Waals surface area contributed by atoms with Crippen LogP contribution in [-0.2, 0) is 8.86 Å². The summed E-state index contributed by atoms with van der Waals surface area (Å²) in [5, 5.41) is 0.290. The van der Waals surface area contributed by atoms with Crippen molar-refractivity contribution < 1.29 is 0 Å². The average molecular weight is 395 g/mol. The molecule has 0 aromatic carbocycles. The van der Waals surface area contributed by atoms with E-state index < -0.39 is 0 Å². The van der Waals surface area contributed by atoms with Crippen molar-refractivity contribution in [1.29, 1.82) is 0 Å². The molecular weight excluding hydrogens is 391 g/mol. The minimum Gasteiger partial charge on any atom is -0.216 e. The Morgan fingerprint density at radius 1 is 1.00 bits per heavy atom. The van der Waals surface area contributed by atoms with Crippen LogP contribution in [0.25, 0.3) is 0 Å². The molecule has 1 aromatic rings. The Balaban J connectivity index is 3.02. The topological polar surface area (TPSA) is 38.7 Å². The number of hydrogen-bond donors (Lipinski definition) is 0. The third-order valence-corrected chi connectivity index (χ3v) is 2.47. The Morgan fingerprint density at radius 2 is 1.45 bits per heavy atom. The van der Waals surface area contributed by atoms with Gasteiger partial charge in [-0.2, -0.15) is 0 Å². The Bertz CT molecular complexity index is 233. The number of hydrogen-bond acceptors (Lipinski definition) is 3. The third kappa shape index (κ3) is 2.94. The van der Waals surface area contributed by atoms with Gasteiger partial charge in [-0.05, 0) is 11.6 Å². The molecule has 0 saturated heterocycles. The number of rotatable bonds is 2. The van der Waals surface area contributed by atoms with Gasteiger partial charge in [0.25, 0.3) is 0 Å². The molecule has 6 heteroatoms. The quantitative estimate of drug-likeness (QED) is 0.570. The predicted octanol–water partition coefficient (Wildman–Crippen LogP) is 2.40.